The van der Waals surface area contributed by atoms with Crippen LogP contribution in [0.15, 0.2) is 53.3 Å². The minimum Gasteiger partial charge on any atom is -0.496 e. The van der Waals surface area contributed by atoms with Gasteiger partial charge in [0, 0.05) is 66.5 Å². The van der Waals surface area contributed by atoms with E-state index in [9.17, 15) is 33.6 Å². The second-order valence-electron chi connectivity index (χ2n) is 16.1. The first-order valence-corrected chi connectivity index (χ1v) is 21.2. The van der Waals surface area contributed by atoms with Gasteiger partial charge in [0.2, 0.25) is 17.7 Å². The Hall–Kier alpha value is -6.33. The molecule has 7 rings (SSSR count). The van der Waals surface area contributed by atoms with E-state index in [2.05, 4.69) is 42.6 Å². The number of piperidine rings is 2. The molecule has 0 aliphatic carbocycles. The normalized spacial score (nSPS) is 17.5. The number of benzene rings is 2. The van der Waals surface area contributed by atoms with Crippen molar-refractivity contribution >= 4 is 52.0 Å². The first-order valence-electron chi connectivity index (χ1n) is 21.2. The molecule has 3 aliphatic heterocycles. The van der Waals surface area contributed by atoms with Crippen LogP contribution in [0.5, 0.6) is 5.75 Å². The van der Waals surface area contributed by atoms with Crippen LogP contribution < -0.4 is 31.6 Å². The van der Waals surface area contributed by atoms with E-state index in [1.165, 1.54) is 13.2 Å². The van der Waals surface area contributed by atoms with E-state index in [0.29, 0.717) is 47.3 Å². The number of aryl methyl sites for hydroxylation is 1. The largest absolute Gasteiger partial charge is 0.496 e. The monoisotopic (exact) mass is 850 g/mol. The molecule has 2 saturated heterocycles. The zero-order chi connectivity index (χ0) is 44.1. The number of para-hydroxylation sites is 1. The lowest BCUT2D eigenvalue weighted by molar-refractivity contribution is -0.136. The molecule has 2 atom stereocenters. The summed E-state index contributed by atoms with van der Waals surface area (Å²) in [5, 5.41) is 12.1. The summed E-state index contributed by atoms with van der Waals surface area (Å²) in [6.07, 6.45) is 2.25. The predicted molar refractivity (Wildman–Crippen MR) is 230 cm³/mol. The average Bonchev–Trinajstić information content (AvgIpc) is 3.69. The summed E-state index contributed by atoms with van der Waals surface area (Å²) >= 11 is 0. The van der Waals surface area contributed by atoms with Crippen LogP contribution in [-0.2, 0) is 25.7 Å². The molecule has 0 radical (unpaired) electrons. The number of carbonyl (C=O) groups is 6. The Bertz CT molecular complexity index is 2450. The topological polar surface area (TPSA) is 213 Å². The van der Waals surface area contributed by atoms with Crippen molar-refractivity contribution < 1.29 is 38.2 Å². The number of pyridine rings is 1. The molecule has 17 nitrogen and oxygen atoms in total. The van der Waals surface area contributed by atoms with E-state index < -0.39 is 29.7 Å². The van der Waals surface area contributed by atoms with E-state index in [0.717, 1.165) is 54.0 Å². The van der Waals surface area contributed by atoms with E-state index >= 15 is 0 Å². The number of nitrogens with one attached hydrogen (secondary N) is 5. The highest BCUT2D eigenvalue weighted by Gasteiger charge is 2.45. The second-order valence-corrected chi connectivity index (χ2v) is 16.1. The van der Waals surface area contributed by atoms with Crippen LogP contribution in [0, 0.1) is 19.8 Å². The maximum atomic E-state index is 13.7. The number of rotatable bonds is 17. The summed E-state index contributed by atoms with van der Waals surface area (Å²) in [7, 11) is 1.50. The van der Waals surface area contributed by atoms with Gasteiger partial charge in [0.25, 0.3) is 23.3 Å². The fourth-order valence-electron chi connectivity index (χ4n) is 8.99. The van der Waals surface area contributed by atoms with Gasteiger partial charge in [-0.25, -0.2) is 0 Å². The molecule has 0 saturated carbocycles. The number of hydrogen-bond donors (Lipinski definition) is 5. The maximum Gasteiger partial charge on any atom is 0.264 e. The highest BCUT2D eigenvalue weighted by molar-refractivity contribution is 6.25. The number of nitrogens with zero attached hydrogens (tertiary/aromatic N) is 3. The van der Waals surface area contributed by atoms with Crippen LogP contribution >= 0.6 is 0 Å². The van der Waals surface area contributed by atoms with Crippen molar-refractivity contribution in [1.29, 1.82) is 0 Å². The minimum absolute atomic E-state index is 0.0296. The number of amides is 6. The van der Waals surface area contributed by atoms with Crippen LogP contribution in [-0.4, -0.2) is 114 Å². The number of ether oxygens (including phenoxy) is 2. The zero-order valence-electron chi connectivity index (χ0n) is 35.6. The van der Waals surface area contributed by atoms with Crippen LogP contribution in [0.3, 0.4) is 0 Å². The molecule has 2 unspecified atom stereocenters. The van der Waals surface area contributed by atoms with Crippen molar-refractivity contribution in [2.45, 2.75) is 71.5 Å². The number of imide groups is 2. The van der Waals surface area contributed by atoms with Gasteiger partial charge in [0.15, 0.2) is 0 Å². The quantitative estimate of drug-likeness (QED) is 0.0769. The number of methoxy groups -OCH3 is 1. The molecule has 6 amide bonds. The first kappa shape index (κ1) is 43.7. The lowest BCUT2D eigenvalue weighted by Crippen LogP contribution is -2.54. The third kappa shape index (κ3) is 9.13. The highest BCUT2D eigenvalue weighted by Crippen LogP contribution is 2.36. The van der Waals surface area contributed by atoms with Crippen molar-refractivity contribution in [2.75, 3.05) is 58.4 Å². The molecular formula is C45H54N8O9. The lowest BCUT2D eigenvalue weighted by Gasteiger charge is -2.36. The van der Waals surface area contributed by atoms with Gasteiger partial charge < -0.3 is 39.9 Å². The summed E-state index contributed by atoms with van der Waals surface area (Å²) in [5.74, 6) is -1.80. The predicted octanol–water partition coefficient (Wildman–Crippen LogP) is 3.19. The van der Waals surface area contributed by atoms with E-state index in [1.54, 1.807) is 25.1 Å². The SMILES string of the molecule is COc1cc(C)[nH]c(=O)c1CNC(=O)c1c(C)n(C(C)C2CCN(CCNC(=O)CCOCCNc3cccc4c3C(=O)N(C3CCC(=O)NC3=O)C4=O)CC2)c2ccccc12. The average molecular weight is 851 g/mol. The molecule has 328 valence electrons. The Balaban J connectivity index is 0.822. The van der Waals surface area contributed by atoms with Crippen LogP contribution in [0.25, 0.3) is 10.9 Å². The molecule has 2 aromatic carbocycles. The fraction of sp³-hybridized carbons (Fsp3) is 0.444. The summed E-state index contributed by atoms with van der Waals surface area (Å²) in [4.78, 5) is 95.4. The van der Waals surface area contributed by atoms with Crippen LogP contribution in [0.2, 0.25) is 0 Å². The number of aromatic nitrogens is 2. The smallest absolute Gasteiger partial charge is 0.264 e. The third-order valence-electron chi connectivity index (χ3n) is 12.2. The van der Waals surface area contributed by atoms with Gasteiger partial charge in [-0.1, -0.05) is 24.3 Å². The molecule has 4 aromatic rings. The van der Waals surface area contributed by atoms with Crippen molar-refractivity contribution in [1.82, 2.24) is 35.3 Å². The Labute approximate surface area is 358 Å². The Morgan fingerprint density at radius 3 is 2.45 bits per heavy atom. The summed E-state index contributed by atoms with van der Waals surface area (Å²) < 4.78 is 13.4. The Kier molecular flexibility index (Phi) is 13.5. The Morgan fingerprint density at radius 2 is 1.69 bits per heavy atom. The van der Waals surface area contributed by atoms with Gasteiger partial charge in [0.05, 0.1) is 49.1 Å². The lowest BCUT2D eigenvalue weighted by atomic mass is 9.90. The Morgan fingerprint density at radius 1 is 0.919 bits per heavy atom. The van der Waals surface area contributed by atoms with Crippen molar-refractivity contribution in [2.24, 2.45) is 5.92 Å². The van der Waals surface area contributed by atoms with Crippen molar-refractivity contribution in [3.8, 4) is 5.75 Å². The second kappa shape index (κ2) is 19.2. The number of likely N-dealkylation sites (tertiary alicyclic amines) is 1. The number of hydrogen-bond acceptors (Lipinski definition) is 11. The molecule has 5 heterocycles. The maximum absolute atomic E-state index is 13.7. The minimum atomic E-state index is -1.04. The van der Waals surface area contributed by atoms with E-state index in [1.807, 2.05) is 31.2 Å². The molecule has 17 heteroatoms. The van der Waals surface area contributed by atoms with Crippen LogP contribution in [0.4, 0.5) is 5.69 Å². The van der Waals surface area contributed by atoms with Gasteiger partial charge in [-0.3, -0.25) is 43.8 Å². The van der Waals surface area contributed by atoms with E-state index in [4.69, 9.17) is 9.47 Å². The van der Waals surface area contributed by atoms with Gasteiger partial charge >= 0.3 is 0 Å². The number of carbonyl (C=O) groups excluding carboxylic acids is 6. The number of aromatic amines is 1. The third-order valence-corrected chi connectivity index (χ3v) is 12.2. The molecule has 62 heavy (non-hydrogen) atoms. The number of H-pyrrole nitrogens is 1. The van der Waals surface area contributed by atoms with Crippen molar-refractivity contribution in [3.05, 3.63) is 92.5 Å². The standard InChI is InChI=1S/C45H54N8O9/c1-26-24-36(61-4)32(41(56)49-26)25-48-43(58)39-28(3)52(34-11-6-5-8-30(34)39)27(2)29-14-19-51(20-15-29)21-17-47-37(54)16-22-62-23-18-46-33-10-7-9-31-40(33)45(60)53(44(31)59)35-12-13-38(55)50-42(35)57/h5-11,24,27,29,35,46H,12-23,25H2,1-4H3,(H,47,54)(H,48,58)(H,49,56)(H,50,55,57). The number of anilines is 1. The molecule has 2 aromatic heterocycles. The van der Waals surface area contributed by atoms with Crippen LogP contribution in [0.1, 0.15) is 93.1 Å². The summed E-state index contributed by atoms with van der Waals surface area (Å²) in [5.41, 5.74) is 4.01. The van der Waals surface area contributed by atoms with Gasteiger partial charge in [-0.15, -0.1) is 0 Å². The fourth-order valence-corrected chi connectivity index (χ4v) is 8.99. The number of fused-ring (bicyclic) bond motifs is 2. The molecule has 0 bridgehead atoms. The molecule has 2 fully saturated rings. The zero-order valence-corrected chi connectivity index (χ0v) is 35.6. The van der Waals surface area contributed by atoms with Gasteiger partial charge in [-0.2, -0.15) is 0 Å². The molecule has 0 spiro atoms. The van der Waals surface area contributed by atoms with Crippen molar-refractivity contribution in [3.63, 3.8) is 0 Å². The molecular weight excluding hydrogens is 797 g/mol. The molecule has 3 aliphatic rings. The summed E-state index contributed by atoms with van der Waals surface area (Å²) in [6, 6.07) is 13.6. The highest BCUT2D eigenvalue weighted by atomic mass is 16.5. The van der Waals surface area contributed by atoms with Gasteiger partial charge in [-0.05, 0) is 83.3 Å². The van der Waals surface area contributed by atoms with E-state index in [-0.39, 0.29) is 73.6 Å². The molecule has 5 N–H and O–H groups in total. The first-order chi connectivity index (χ1) is 29.9. The van der Waals surface area contributed by atoms with Gasteiger partial charge in [0.1, 0.15) is 11.8 Å². The summed E-state index contributed by atoms with van der Waals surface area (Å²) in [6.45, 7) is 9.80.